The second kappa shape index (κ2) is 7.13. The molecule has 1 aromatic rings. The van der Waals surface area contributed by atoms with Crippen molar-refractivity contribution in [2.45, 2.75) is 25.6 Å². The minimum Gasteiger partial charge on any atom is -0.494 e. The van der Waals surface area contributed by atoms with E-state index in [4.69, 9.17) is 16.3 Å². The Morgan fingerprint density at radius 2 is 2.20 bits per heavy atom. The number of ether oxygens (including phenoxy) is 1. The molecular formula is C12H16BrClO. The van der Waals surface area contributed by atoms with Gasteiger partial charge in [0.25, 0.3) is 0 Å². The first kappa shape index (κ1) is 12.9. The smallest absolute Gasteiger partial charge is 0.122 e. The molecule has 0 spiro atoms. The zero-order chi connectivity index (χ0) is 11.1. The molecule has 1 aromatic carbocycles. The lowest BCUT2D eigenvalue weighted by atomic mass is 10.0. The third-order valence-corrected chi connectivity index (χ3v) is 3.08. The number of hydrogen-bond acceptors (Lipinski definition) is 1. The third kappa shape index (κ3) is 3.69. The quantitative estimate of drug-likeness (QED) is 0.715. The first-order valence-corrected chi connectivity index (χ1v) is 6.84. The van der Waals surface area contributed by atoms with E-state index < -0.39 is 0 Å². The molecule has 0 N–H and O–H groups in total. The molecule has 0 aliphatic rings. The van der Waals surface area contributed by atoms with E-state index in [1.165, 1.54) is 11.1 Å². The fraction of sp³-hybridized carbons (Fsp3) is 0.500. The summed E-state index contributed by atoms with van der Waals surface area (Å²) in [6.07, 6.45) is 2.12. The predicted molar refractivity (Wildman–Crippen MR) is 69.3 cm³/mol. The molecule has 0 saturated heterocycles. The van der Waals surface area contributed by atoms with Crippen LogP contribution in [0.3, 0.4) is 0 Å². The Kier molecular flexibility index (Phi) is 6.11. The van der Waals surface area contributed by atoms with E-state index in [2.05, 4.69) is 22.0 Å². The molecule has 0 saturated carbocycles. The summed E-state index contributed by atoms with van der Waals surface area (Å²) in [5.41, 5.74) is 2.44. The van der Waals surface area contributed by atoms with Crippen LogP contribution in [0, 0.1) is 0 Å². The van der Waals surface area contributed by atoms with Crippen LogP contribution in [0.15, 0.2) is 18.2 Å². The summed E-state index contributed by atoms with van der Waals surface area (Å²) in [4.78, 5) is 0. The summed E-state index contributed by atoms with van der Waals surface area (Å²) in [6.45, 7) is 2.70. The Bertz CT molecular complexity index is 302. The molecule has 84 valence electrons. The maximum atomic E-state index is 5.92. The zero-order valence-electron chi connectivity index (χ0n) is 8.93. The van der Waals surface area contributed by atoms with Gasteiger partial charge in [0.15, 0.2) is 0 Å². The van der Waals surface area contributed by atoms with Crippen LogP contribution in [0.2, 0.25) is 0 Å². The van der Waals surface area contributed by atoms with Crippen molar-refractivity contribution in [3.8, 4) is 5.75 Å². The van der Waals surface area contributed by atoms with Crippen molar-refractivity contribution in [3.63, 3.8) is 0 Å². The summed E-state index contributed by atoms with van der Waals surface area (Å²) in [5.74, 6) is 1.54. The normalized spacial score (nSPS) is 10.3. The Balaban J connectivity index is 2.92. The molecule has 0 radical (unpaired) electrons. The van der Waals surface area contributed by atoms with Crippen molar-refractivity contribution in [2.75, 3.05) is 11.9 Å². The molecule has 0 unspecified atom stereocenters. The molecule has 3 heteroatoms. The van der Waals surface area contributed by atoms with E-state index in [1.807, 2.05) is 19.1 Å². The van der Waals surface area contributed by atoms with Gasteiger partial charge in [0, 0.05) is 11.2 Å². The highest BCUT2D eigenvalue weighted by molar-refractivity contribution is 9.09. The maximum Gasteiger partial charge on any atom is 0.122 e. The highest BCUT2D eigenvalue weighted by Gasteiger charge is 2.07. The lowest BCUT2D eigenvalue weighted by molar-refractivity contribution is 0.336. The van der Waals surface area contributed by atoms with Gasteiger partial charge in [-0.05, 0) is 37.0 Å². The van der Waals surface area contributed by atoms with E-state index in [9.17, 15) is 0 Å². The fourth-order valence-corrected chi connectivity index (χ4v) is 2.09. The first-order chi connectivity index (χ1) is 7.33. The SMILES string of the molecule is CCOc1cccc(CCl)c1CCCBr. The first-order valence-electron chi connectivity index (χ1n) is 5.19. The number of benzene rings is 1. The van der Waals surface area contributed by atoms with Gasteiger partial charge in [0.1, 0.15) is 5.75 Å². The van der Waals surface area contributed by atoms with Crippen LogP contribution in [-0.2, 0) is 12.3 Å². The molecule has 0 aromatic heterocycles. The molecule has 15 heavy (non-hydrogen) atoms. The van der Waals surface area contributed by atoms with Crippen LogP contribution in [0.4, 0.5) is 0 Å². The summed E-state index contributed by atoms with van der Waals surface area (Å²) in [5, 5.41) is 1.01. The lowest BCUT2D eigenvalue weighted by Crippen LogP contribution is -2.00. The lowest BCUT2D eigenvalue weighted by Gasteiger charge is -2.13. The molecule has 1 rings (SSSR count). The van der Waals surface area contributed by atoms with Gasteiger partial charge >= 0.3 is 0 Å². The topological polar surface area (TPSA) is 9.23 Å². The van der Waals surface area contributed by atoms with E-state index >= 15 is 0 Å². The van der Waals surface area contributed by atoms with E-state index in [0.717, 1.165) is 23.9 Å². The predicted octanol–water partition coefficient (Wildman–Crippen LogP) is 4.15. The van der Waals surface area contributed by atoms with Gasteiger partial charge in [0.05, 0.1) is 6.61 Å². The van der Waals surface area contributed by atoms with Gasteiger partial charge in [-0.2, -0.15) is 0 Å². The zero-order valence-corrected chi connectivity index (χ0v) is 11.3. The molecule has 0 aliphatic heterocycles. The van der Waals surface area contributed by atoms with Crippen LogP contribution >= 0.6 is 27.5 Å². The average molecular weight is 292 g/mol. The Labute approximate surface area is 105 Å². The Morgan fingerprint density at radius 1 is 1.40 bits per heavy atom. The van der Waals surface area contributed by atoms with Gasteiger partial charge in [-0.1, -0.05) is 28.1 Å². The van der Waals surface area contributed by atoms with Crippen molar-refractivity contribution < 1.29 is 4.74 Å². The van der Waals surface area contributed by atoms with Crippen LogP contribution in [0.5, 0.6) is 5.75 Å². The summed E-state index contributed by atoms with van der Waals surface area (Å²) < 4.78 is 5.60. The average Bonchev–Trinajstić information content (AvgIpc) is 2.27. The molecule has 1 nitrogen and oxygen atoms in total. The molecule has 0 amide bonds. The maximum absolute atomic E-state index is 5.92. The molecule has 0 fully saturated rings. The molecule has 0 bridgehead atoms. The van der Waals surface area contributed by atoms with E-state index in [1.54, 1.807) is 0 Å². The van der Waals surface area contributed by atoms with Gasteiger partial charge in [-0.3, -0.25) is 0 Å². The van der Waals surface area contributed by atoms with Crippen LogP contribution in [0.1, 0.15) is 24.5 Å². The highest BCUT2D eigenvalue weighted by Crippen LogP contribution is 2.25. The van der Waals surface area contributed by atoms with Crippen molar-refractivity contribution in [1.29, 1.82) is 0 Å². The molecule has 0 heterocycles. The molecule has 0 atom stereocenters. The van der Waals surface area contributed by atoms with Crippen LogP contribution in [0.25, 0.3) is 0 Å². The Hall–Kier alpha value is -0.210. The summed E-state index contributed by atoms with van der Waals surface area (Å²) >= 11 is 9.36. The van der Waals surface area contributed by atoms with Crippen molar-refractivity contribution in [3.05, 3.63) is 29.3 Å². The summed E-state index contributed by atoms with van der Waals surface area (Å²) in [7, 11) is 0. The second-order valence-corrected chi connectivity index (χ2v) is 4.31. The second-order valence-electron chi connectivity index (χ2n) is 3.25. The van der Waals surface area contributed by atoms with Crippen LogP contribution < -0.4 is 4.74 Å². The number of halogens is 2. The molecule has 0 aliphatic carbocycles. The highest BCUT2D eigenvalue weighted by atomic mass is 79.9. The number of hydrogen-bond donors (Lipinski definition) is 0. The monoisotopic (exact) mass is 290 g/mol. The van der Waals surface area contributed by atoms with E-state index in [-0.39, 0.29) is 0 Å². The largest absolute Gasteiger partial charge is 0.494 e. The molecular weight excluding hydrogens is 275 g/mol. The third-order valence-electron chi connectivity index (χ3n) is 2.23. The van der Waals surface area contributed by atoms with Gasteiger partial charge in [-0.15, -0.1) is 11.6 Å². The van der Waals surface area contributed by atoms with Crippen molar-refractivity contribution in [2.24, 2.45) is 0 Å². The Morgan fingerprint density at radius 3 is 2.80 bits per heavy atom. The van der Waals surface area contributed by atoms with E-state index in [0.29, 0.717) is 12.5 Å². The fourth-order valence-electron chi connectivity index (χ4n) is 1.55. The minimum atomic E-state index is 0.554. The van der Waals surface area contributed by atoms with Crippen molar-refractivity contribution in [1.82, 2.24) is 0 Å². The van der Waals surface area contributed by atoms with Gasteiger partial charge < -0.3 is 4.74 Å². The number of rotatable bonds is 6. The van der Waals surface area contributed by atoms with Crippen LogP contribution in [-0.4, -0.2) is 11.9 Å². The minimum absolute atomic E-state index is 0.554. The van der Waals surface area contributed by atoms with Crippen molar-refractivity contribution >= 4 is 27.5 Å². The number of alkyl halides is 2. The van der Waals surface area contributed by atoms with Gasteiger partial charge in [-0.25, -0.2) is 0 Å². The summed E-state index contributed by atoms with van der Waals surface area (Å²) in [6, 6.07) is 6.09. The standard InChI is InChI=1S/C12H16BrClO/c1-2-15-12-7-3-5-10(9-14)11(12)6-4-8-13/h3,5,7H,2,4,6,8-9H2,1H3. The van der Waals surface area contributed by atoms with Gasteiger partial charge in [0.2, 0.25) is 0 Å².